The van der Waals surface area contributed by atoms with Gasteiger partial charge in [-0.1, -0.05) is 29.8 Å². The average molecular weight is 455 g/mol. The van der Waals surface area contributed by atoms with Crippen molar-refractivity contribution in [3.63, 3.8) is 0 Å². The summed E-state index contributed by atoms with van der Waals surface area (Å²) < 4.78 is 5.58. The van der Waals surface area contributed by atoms with Gasteiger partial charge in [-0.05, 0) is 73.9 Å². The molecule has 2 aromatic carbocycles. The molecule has 0 amide bonds. The second kappa shape index (κ2) is 8.68. The van der Waals surface area contributed by atoms with Crippen molar-refractivity contribution in [1.29, 1.82) is 0 Å². The van der Waals surface area contributed by atoms with Crippen molar-refractivity contribution in [2.45, 2.75) is 26.8 Å². The van der Waals surface area contributed by atoms with E-state index in [1.54, 1.807) is 18.5 Å². The van der Waals surface area contributed by atoms with Crippen LogP contribution in [0.15, 0.2) is 77.5 Å². The minimum absolute atomic E-state index is 0.0472. The van der Waals surface area contributed by atoms with E-state index in [4.69, 9.17) is 16.0 Å². The highest BCUT2D eigenvalue weighted by atomic mass is 35.5. The molecule has 0 fully saturated rings. The number of nitrogens with one attached hydrogen (secondary N) is 1. The summed E-state index contributed by atoms with van der Waals surface area (Å²) in [6.45, 7) is 6.08. The first-order chi connectivity index (χ1) is 16.0. The van der Waals surface area contributed by atoms with Crippen molar-refractivity contribution < 1.29 is 4.42 Å². The van der Waals surface area contributed by atoms with E-state index in [1.807, 2.05) is 38.1 Å². The summed E-state index contributed by atoms with van der Waals surface area (Å²) in [4.78, 5) is 13.5. The van der Waals surface area contributed by atoms with Crippen LogP contribution in [-0.2, 0) is 0 Å². The molecule has 0 saturated carbocycles. The summed E-state index contributed by atoms with van der Waals surface area (Å²) in [6.07, 6.45) is 3.57. The average Bonchev–Trinajstić information content (AvgIpc) is 3.19. The first-order valence-electron chi connectivity index (χ1n) is 10.8. The number of furan rings is 1. The predicted molar refractivity (Wildman–Crippen MR) is 133 cm³/mol. The van der Waals surface area contributed by atoms with Crippen LogP contribution in [0.2, 0.25) is 5.15 Å². The highest BCUT2D eigenvalue weighted by Gasteiger charge is 2.12. The molecule has 33 heavy (non-hydrogen) atoms. The smallest absolute Gasteiger partial charge is 0.134 e. The second-order valence-corrected chi connectivity index (χ2v) is 8.56. The fourth-order valence-corrected chi connectivity index (χ4v) is 4.06. The Morgan fingerprint density at radius 3 is 2.58 bits per heavy atom. The lowest BCUT2D eigenvalue weighted by molar-refractivity contribution is 0.613. The third-order valence-electron chi connectivity index (χ3n) is 5.71. The molecule has 3 aromatic heterocycles. The molecule has 1 N–H and O–H groups in total. The maximum absolute atomic E-state index is 5.93. The SMILES string of the molecule is Cc1nc(N[C@@H](C)c2cccc(-c3ccc(Cl)nc3)c2)cc(-c2ccc3occ(C)c3c2)n1. The number of benzene rings is 2. The Balaban J connectivity index is 1.42. The molecule has 3 heterocycles. The van der Waals surface area contributed by atoms with Crippen molar-refractivity contribution in [1.82, 2.24) is 15.0 Å². The standard InChI is InChI=1S/C27H23ClN4O/c1-16-15-33-25-9-7-21(12-23(16)25)24-13-27(32-18(3)31-24)30-17(2)19-5-4-6-20(11-19)22-8-10-26(28)29-14-22/h4-15,17H,1-3H3,(H,30,31,32)/t17-/m0/s1. The van der Waals surface area contributed by atoms with Gasteiger partial charge in [0.25, 0.3) is 0 Å². The van der Waals surface area contributed by atoms with Gasteiger partial charge in [-0.3, -0.25) is 0 Å². The minimum Gasteiger partial charge on any atom is -0.464 e. The Bertz CT molecular complexity index is 1440. The van der Waals surface area contributed by atoms with Crippen LogP contribution in [0.25, 0.3) is 33.4 Å². The van der Waals surface area contributed by atoms with Gasteiger partial charge in [0.1, 0.15) is 22.4 Å². The van der Waals surface area contributed by atoms with Gasteiger partial charge < -0.3 is 9.73 Å². The third-order valence-corrected chi connectivity index (χ3v) is 5.94. The fraction of sp³-hybridized carbons (Fsp3) is 0.148. The lowest BCUT2D eigenvalue weighted by Crippen LogP contribution is -2.09. The quantitative estimate of drug-likeness (QED) is 0.280. The van der Waals surface area contributed by atoms with Crippen LogP contribution in [0.1, 0.15) is 29.9 Å². The molecule has 0 aliphatic heterocycles. The number of fused-ring (bicyclic) bond motifs is 1. The molecule has 0 unspecified atom stereocenters. The van der Waals surface area contributed by atoms with E-state index in [9.17, 15) is 0 Å². The molecule has 0 aliphatic rings. The number of rotatable bonds is 5. The molecular formula is C27H23ClN4O. The van der Waals surface area contributed by atoms with Gasteiger partial charge in [0.15, 0.2) is 0 Å². The molecule has 0 spiro atoms. The number of anilines is 1. The lowest BCUT2D eigenvalue weighted by atomic mass is 10.0. The number of hydrogen-bond acceptors (Lipinski definition) is 5. The molecule has 6 heteroatoms. The van der Waals surface area contributed by atoms with Crippen LogP contribution >= 0.6 is 11.6 Å². The Morgan fingerprint density at radius 2 is 1.76 bits per heavy atom. The summed E-state index contributed by atoms with van der Waals surface area (Å²) in [6, 6.07) is 20.3. The number of aromatic nitrogens is 3. The second-order valence-electron chi connectivity index (χ2n) is 8.18. The maximum atomic E-state index is 5.93. The van der Waals surface area contributed by atoms with E-state index in [0.717, 1.165) is 50.3 Å². The number of nitrogens with zero attached hydrogens (tertiary/aromatic N) is 3. The van der Waals surface area contributed by atoms with Crippen molar-refractivity contribution in [3.8, 4) is 22.4 Å². The maximum Gasteiger partial charge on any atom is 0.134 e. The van der Waals surface area contributed by atoms with Crippen molar-refractivity contribution in [2.75, 3.05) is 5.32 Å². The first kappa shape index (κ1) is 21.2. The summed E-state index contributed by atoms with van der Waals surface area (Å²) in [5.41, 5.74) is 7.17. The third kappa shape index (κ3) is 4.45. The molecule has 0 radical (unpaired) electrons. The Morgan fingerprint density at radius 1 is 0.909 bits per heavy atom. The van der Waals surface area contributed by atoms with E-state index >= 15 is 0 Å². The van der Waals surface area contributed by atoms with Crippen LogP contribution in [0.3, 0.4) is 0 Å². The lowest BCUT2D eigenvalue weighted by Gasteiger charge is -2.17. The molecule has 5 aromatic rings. The monoisotopic (exact) mass is 454 g/mol. The Kier molecular flexibility index (Phi) is 5.56. The highest BCUT2D eigenvalue weighted by Crippen LogP contribution is 2.29. The molecule has 164 valence electrons. The molecule has 0 saturated heterocycles. The zero-order valence-electron chi connectivity index (χ0n) is 18.6. The number of hydrogen-bond donors (Lipinski definition) is 1. The van der Waals surface area contributed by atoms with E-state index < -0.39 is 0 Å². The Hall–Kier alpha value is -3.70. The van der Waals surface area contributed by atoms with Gasteiger partial charge in [-0.25, -0.2) is 15.0 Å². The first-order valence-corrected chi connectivity index (χ1v) is 11.2. The zero-order valence-corrected chi connectivity index (χ0v) is 19.4. The summed E-state index contributed by atoms with van der Waals surface area (Å²) in [5.74, 6) is 1.50. The van der Waals surface area contributed by atoms with E-state index in [-0.39, 0.29) is 6.04 Å². The molecule has 0 bridgehead atoms. The van der Waals surface area contributed by atoms with Crippen LogP contribution < -0.4 is 5.32 Å². The van der Waals surface area contributed by atoms with Crippen molar-refractivity contribution in [3.05, 3.63) is 95.2 Å². The largest absolute Gasteiger partial charge is 0.464 e. The normalized spacial score (nSPS) is 12.1. The van der Waals surface area contributed by atoms with Crippen molar-refractivity contribution >= 4 is 28.4 Å². The number of aryl methyl sites for hydroxylation is 2. The Labute approximate surface area is 197 Å². The van der Waals surface area contributed by atoms with Gasteiger partial charge in [0.2, 0.25) is 0 Å². The number of pyridine rings is 1. The summed E-state index contributed by atoms with van der Waals surface area (Å²) in [5, 5.41) is 5.12. The van der Waals surface area contributed by atoms with Crippen LogP contribution in [0.4, 0.5) is 5.82 Å². The highest BCUT2D eigenvalue weighted by molar-refractivity contribution is 6.29. The fourth-order valence-electron chi connectivity index (χ4n) is 3.94. The van der Waals surface area contributed by atoms with Gasteiger partial charge in [0, 0.05) is 34.8 Å². The van der Waals surface area contributed by atoms with E-state index in [0.29, 0.717) is 11.0 Å². The van der Waals surface area contributed by atoms with Gasteiger partial charge in [-0.15, -0.1) is 0 Å². The van der Waals surface area contributed by atoms with Crippen LogP contribution in [-0.4, -0.2) is 15.0 Å². The number of halogens is 1. The van der Waals surface area contributed by atoms with E-state index in [2.05, 4.69) is 57.5 Å². The summed E-state index contributed by atoms with van der Waals surface area (Å²) in [7, 11) is 0. The zero-order chi connectivity index (χ0) is 22.9. The van der Waals surface area contributed by atoms with Gasteiger partial charge in [-0.2, -0.15) is 0 Å². The molecule has 0 aliphatic carbocycles. The van der Waals surface area contributed by atoms with E-state index in [1.165, 1.54) is 0 Å². The summed E-state index contributed by atoms with van der Waals surface area (Å²) >= 11 is 5.93. The van der Waals surface area contributed by atoms with Crippen LogP contribution in [0, 0.1) is 13.8 Å². The minimum atomic E-state index is 0.0472. The molecule has 5 rings (SSSR count). The van der Waals surface area contributed by atoms with Crippen molar-refractivity contribution in [2.24, 2.45) is 0 Å². The molecule has 5 nitrogen and oxygen atoms in total. The molecule has 1 atom stereocenters. The van der Waals surface area contributed by atoms with Gasteiger partial charge >= 0.3 is 0 Å². The predicted octanol–water partition coefficient (Wildman–Crippen LogP) is 7.40. The topological polar surface area (TPSA) is 63.8 Å². The van der Waals surface area contributed by atoms with Gasteiger partial charge in [0.05, 0.1) is 12.0 Å². The van der Waals surface area contributed by atoms with Crippen LogP contribution in [0.5, 0.6) is 0 Å². The molecular weight excluding hydrogens is 432 g/mol.